The third kappa shape index (κ3) is 2.73. The summed E-state index contributed by atoms with van der Waals surface area (Å²) in [7, 11) is -3.54. The maximum absolute atomic E-state index is 12.4. The van der Waals surface area contributed by atoms with Gasteiger partial charge in [0.15, 0.2) is 11.4 Å². The lowest BCUT2D eigenvalue weighted by Gasteiger charge is -2.36. The molecule has 2 atom stereocenters. The van der Waals surface area contributed by atoms with Crippen LogP contribution in [0.25, 0.3) is 21.9 Å². The summed E-state index contributed by atoms with van der Waals surface area (Å²) in [5.41, 5.74) is 2.70. The fourth-order valence-electron chi connectivity index (χ4n) is 3.86. The minimum Gasteiger partial charge on any atom is -0.360 e. The number of hydrogen-bond donors (Lipinski definition) is 1. The van der Waals surface area contributed by atoms with Crippen molar-refractivity contribution in [1.29, 1.82) is 5.26 Å². The van der Waals surface area contributed by atoms with Gasteiger partial charge in [-0.3, -0.25) is 0 Å². The first-order valence-electron chi connectivity index (χ1n) is 8.57. The molecule has 4 heterocycles. The van der Waals surface area contributed by atoms with Gasteiger partial charge in [-0.15, -0.1) is 0 Å². The molecule has 26 heavy (non-hydrogen) atoms. The monoisotopic (exact) mass is 369 g/mol. The van der Waals surface area contributed by atoms with Gasteiger partial charge in [0.1, 0.15) is 0 Å². The van der Waals surface area contributed by atoms with Crippen LogP contribution in [0.4, 0.5) is 0 Å². The van der Waals surface area contributed by atoms with Crippen molar-refractivity contribution < 1.29 is 8.42 Å². The summed E-state index contributed by atoms with van der Waals surface area (Å²) >= 11 is 0. The van der Waals surface area contributed by atoms with Crippen molar-refractivity contribution in [1.82, 2.24) is 19.3 Å². The molecule has 4 rings (SSSR count). The quantitative estimate of drug-likeness (QED) is 0.763. The highest BCUT2D eigenvalue weighted by molar-refractivity contribution is 7.89. The van der Waals surface area contributed by atoms with Gasteiger partial charge in [0, 0.05) is 42.2 Å². The van der Waals surface area contributed by atoms with E-state index in [0.717, 1.165) is 28.3 Å². The summed E-state index contributed by atoms with van der Waals surface area (Å²) in [5, 5.41) is 10.8. The van der Waals surface area contributed by atoms with E-state index in [1.54, 1.807) is 18.5 Å². The van der Waals surface area contributed by atoms with Crippen molar-refractivity contribution in [3.8, 4) is 6.07 Å². The number of H-pyrrole nitrogens is 1. The van der Waals surface area contributed by atoms with Gasteiger partial charge in [-0.2, -0.15) is 5.26 Å². The van der Waals surface area contributed by atoms with E-state index in [1.807, 2.05) is 18.3 Å². The van der Waals surface area contributed by atoms with E-state index < -0.39 is 15.8 Å². The van der Waals surface area contributed by atoms with Crippen LogP contribution in [-0.4, -0.2) is 46.5 Å². The van der Waals surface area contributed by atoms with E-state index in [4.69, 9.17) is 5.26 Å². The van der Waals surface area contributed by atoms with Crippen LogP contribution >= 0.6 is 0 Å². The fraction of sp³-hybridized carbons (Fsp3) is 0.389. The Balaban J connectivity index is 1.83. The highest BCUT2D eigenvalue weighted by Crippen LogP contribution is 2.38. The van der Waals surface area contributed by atoms with Crippen LogP contribution in [-0.2, 0) is 10.0 Å². The van der Waals surface area contributed by atoms with E-state index in [0.29, 0.717) is 24.7 Å². The number of sulfonamides is 1. The van der Waals surface area contributed by atoms with Crippen molar-refractivity contribution in [2.45, 2.75) is 19.3 Å². The van der Waals surface area contributed by atoms with Gasteiger partial charge in [0.25, 0.3) is 0 Å². The van der Waals surface area contributed by atoms with Crippen LogP contribution < -0.4 is 0 Å². The van der Waals surface area contributed by atoms with Gasteiger partial charge in [0.05, 0.1) is 17.8 Å². The average Bonchev–Trinajstić information content (AvgIpc) is 3.10. The molecule has 7 nitrogen and oxygen atoms in total. The molecule has 134 valence electrons. The third-order valence-corrected chi connectivity index (χ3v) is 6.90. The Hall–Kier alpha value is -2.50. The molecule has 0 saturated carbocycles. The minimum absolute atomic E-state index is 0.0508. The molecule has 0 bridgehead atoms. The van der Waals surface area contributed by atoms with E-state index in [2.05, 4.69) is 21.9 Å². The summed E-state index contributed by atoms with van der Waals surface area (Å²) in [5.74, 6) is -0.0895. The average molecular weight is 369 g/mol. The number of aromatic nitrogens is 3. The number of rotatable bonds is 3. The van der Waals surface area contributed by atoms with E-state index in [1.165, 1.54) is 4.31 Å². The molecule has 1 saturated heterocycles. The molecule has 3 aromatic rings. The summed E-state index contributed by atoms with van der Waals surface area (Å²) in [6.45, 7) is 3.01. The van der Waals surface area contributed by atoms with Crippen LogP contribution in [0.3, 0.4) is 0 Å². The lowest BCUT2D eigenvalue weighted by molar-refractivity contribution is 0.253. The SMILES string of the molecule is CC1CCN(S(=O)(=O)CC#N)CC1c1cc[nH]c2cnc3nccc3c12. The number of fused-ring (bicyclic) bond motifs is 3. The maximum atomic E-state index is 12.4. The Morgan fingerprint density at radius 2 is 2.23 bits per heavy atom. The van der Waals surface area contributed by atoms with Gasteiger partial charge >= 0.3 is 0 Å². The predicted octanol–water partition coefficient (Wildman–Crippen LogP) is 2.39. The van der Waals surface area contributed by atoms with Crippen molar-refractivity contribution in [2.75, 3.05) is 18.8 Å². The van der Waals surface area contributed by atoms with Crippen molar-refractivity contribution in [3.63, 3.8) is 0 Å². The van der Waals surface area contributed by atoms with Gasteiger partial charge < -0.3 is 4.98 Å². The number of nitriles is 1. The number of nitrogens with one attached hydrogen (secondary N) is 1. The van der Waals surface area contributed by atoms with Gasteiger partial charge in [-0.1, -0.05) is 6.92 Å². The first-order chi connectivity index (χ1) is 12.5. The molecule has 1 aliphatic heterocycles. The largest absolute Gasteiger partial charge is 0.360 e. The fourth-order valence-corrected chi connectivity index (χ4v) is 4.98. The summed E-state index contributed by atoms with van der Waals surface area (Å²) in [4.78, 5) is 11.9. The normalized spacial score (nSPS) is 21.8. The number of hydrogen-bond acceptors (Lipinski definition) is 5. The second-order valence-corrected chi connectivity index (χ2v) is 8.78. The summed E-state index contributed by atoms with van der Waals surface area (Å²) < 4.78 is 26.2. The first-order valence-corrected chi connectivity index (χ1v) is 10.2. The van der Waals surface area contributed by atoms with Crippen molar-refractivity contribution in [2.24, 2.45) is 5.92 Å². The van der Waals surface area contributed by atoms with Crippen LogP contribution in [0.2, 0.25) is 0 Å². The highest BCUT2D eigenvalue weighted by atomic mass is 32.2. The van der Waals surface area contributed by atoms with Gasteiger partial charge in [-0.05, 0) is 30.0 Å². The number of aromatic amines is 1. The first kappa shape index (κ1) is 16.9. The number of pyridine rings is 2. The molecular formula is C18H19N5O2S. The van der Waals surface area contributed by atoms with Crippen molar-refractivity contribution >= 4 is 32.0 Å². The lowest BCUT2D eigenvalue weighted by atomic mass is 9.81. The smallest absolute Gasteiger partial charge is 0.227 e. The molecule has 1 aliphatic rings. The van der Waals surface area contributed by atoms with Gasteiger partial charge in [-0.25, -0.2) is 22.7 Å². The highest BCUT2D eigenvalue weighted by Gasteiger charge is 2.34. The Bertz CT molecular complexity index is 1120. The maximum Gasteiger partial charge on any atom is 0.227 e. The molecule has 1 N–H and O–H groups in total. The summed E-state index contributed by atoms with van der Waals surface area (Å²) in [6.07, 6.45) is 6.15. The zero-order valence-electron chi connectivity index (χ0n) is 14.4. The van der Waals surface area contributed by atoms with Crippen LogP contribution in [0.15, 0.2) is 30.7 Å². The molecule has 2 unspecified atom stereocenters. The topological polar surface area (TPSA) is 103 Å². The standard InChI is InChI=1S/C18H19N5O2S/c1-12-4-8-23(26(24,25)9-5-19)11-15(12)13-2-6-20-16-10-22-18-14(17(13)16)3-7-21-18/h2-3,6-7,10,12,15,20H,4,8-9,11H2,1H3. The molecule has 1 fully saturated rings. The summed E-state index contributed by atoms with van der Waals surface area (Å²) in [6, 6.07) is 5.74. The second-order valence-electron chi connectivity index (χ2n) is 6.81. The Morgan fingerprint density at radius 3 is 3.04 bits per heavy atom. The zero-order chi connectivity index (χ0) is 18.3. The minimum atomic E-state index is -3.54. The molecular weight excluding hydrogens is 350 g/mol. The molecule has 0 amide bonds. The van der Waals surface area contributed by atoms with E-state index >= 15 is 0 Å². The van der Waals surface area contributed by atoms with Crippen molar-refractivity contribution in [3.05, 3.63) is 36.3 Å². The zero-order valence-corrected chi connectivity index (χ0v) is 15.2. The number of piperidine rings is 1. The van der Waals surface area contributed by atoms with E-state index in [-0.39, 0.29) is 5.92 Å². The Kier molecular flexibility index (Phi) is 4.13. The lowest BCUT2D eigenvalue weighted by Crippen LogP contribution is -2.43. The third-order valence-electron chi connectivity index (χ3n) is 5.28. The molecule has 8 heteroatoms. The molecule has 0 spiro atoms. The van der Waals surface area contributed by atoms with Crippen LogP contribution in [0.1, 0.15) is 24.8 Å². The van der Waals surface area contributed by atoms with Gasteiger partial charge in [0.2, 0.25) is 10.0 Å². The predicted molar refractivity (Wildman–Crippen MR) is 98.9 cm³/mol. The Labute approximate surface area is 151 Å². The van der Waals surface area contributed by atoms with Crippen LogP contribution in [0.5, 0.6) is 0 Å². The number of nitrogens with zero attached hydrogens (tertiary/aromatic N) is 4. The second kappa shape index (κ2) is 6.34. The Morgan fingerprint density at radius 1 is 1.38 bits per heavy atom. The molecule has 0 radical (unpaired) electrons. The molecule has 0 aromatic carbocycles. The van der Waals surface area contributed by atoms with Crippen LogP contribution in [0, 0.1) is 17.2 Å². The van der Waals surface area contributed by atoms with E-state index in [9.17, 15) is 8.42 Å². The molecule has 0 aliphatic carbocycles. The molecule has 3 aromatic heterocycles.